The van der Waals surface area contributed by atoms with Crippen molar-refractivity contribution in [3.8, 4) is 5.75 Å². The van der Waals surface area contributed by atoms with Crippen molar-refractivity contribution >= 4 is 23.1 Å². The fourth-order valence-corrected chi connectivity index (χ4v) is 7.21. The van der Waals surface area contributed by atoms with E-state index in [2.05, 4.69) is 34.1 Å². The lowest BCUT2D eigenvalue weighted by Crippen LogP contribution is -2.46. The molecule has 2 aliphatic heterocycles. The molecular formula is C33H43ClN2O3. The second-order valence-corrected chi connectivity index (χ2v) is 12.5. The quantitative estimate of drug-likeness (QED) is 0.423. The molecule has 3 aliphatic rings. The Balaban J connectivity index is 1.57. The molecule has 2 bridgehead atoms. The van der Waals surface area contributed by atoms with Gasteiger partial charge >= 0.3 is 0 Å². The second-order valence-electron chi connectivity index (χ2n) is 12.1. The Hall–Kier alpha value is -2.34. The molecule has 0 unspecified atom stereocenters. The molecule has 210 valence electrons. The molecule has 39 heavy (non-hydrogen) atoms. The van der Waals surface area contributed by atoms with Gasteiger partial charge in [-0.05, 0) is 93.5 Å². The molecule has 0 radical (unpaired) electrons. The van der Waals surface area contributed by atoms with E-state index in [0.29, 0.717) is 18.7 Å². The molecule has 0 fully saturated rings. The maximum atomic E-state index is 13.1. The fraction of sp³-hybridized carbons (Fsp3) is 0.545. The van der Waals surface area contributed by atoms with Crippen molar-refractivity contribution in [3.05, 3.63) is 70.3 Å². The number of hydrogen-bond donors (Lipinski definition) is 1. The Morgan fingerprint density at radius 3 is 2.77 bits per heavy atom. The monoisotopic (exact) mass is 550 g/mol. The SMILES string of the molecule is CC(=O)[C@]1(O)c2ccc3c(c2)N(CCCCC/C=C\CN(C)C[C@@H]1C)C[C@@]1(CCCc2cc(Cl)ccc21)CO3. The Labute approximate surface area is 238 Å². The summed E-state index contributed by atoms with van der Waals surface area (Å²) in [5.74, 6) is 0.327. The number of allylic oxidation sites excluding steroid dienone is 1. The van der Waals surface area contributed by atoms with Crippen LogP contribution in [0.3, 0.4) is 0 Å². The predicted molar refractivity (Wildman–Crippen MR) is 159 cm³/mol. The van der Waals surface area contributed by atoms with Crippen molar-refractivity contribution in [2.24, 2.45) is 5.92 Å². The Morgan fingerprint density at radius 1 is 1.10 bits per heavy atom. The first kappa shape index (κ1) is 28.2. The minimum Gasteiger partial charge on any atom is -0.490 e. The normalized spacial score (nSPS) is 29.3. The van der Waals surface area contributed by atoms with Gasteiger partial charge in [-0.15, -0.1) is 0 Å². The van der Waals surface area contributed by atoms with Crippen LogP contribution in [0.1, 0.15) is 69.1 Å². The van der Waals surface area contributed by atoms with Crippen LogP contribution >= 0.6 is 11.6 Å². The van der Waals surface area contributed by atoms with Gasteiger partial charge in [-0.3, -0.25) is 4.79 Å². The number of fused-ring (bicyclic) bond motifs is 3. The summed E-state index contributed by atoms with van der Waals surface area (Å²) in [7, 11) is 2.05. The van der Waals surface area contributed by atoms with E-state index in [4.69, 9.17) is 16.3 Å². The van der Waals surface area contributed by atoms with Crippen molar-refractivity contribution < 1.29 is 14.6 Å². The third-order valence-electron chi connectivity index (χ3n) is 9.20. The summed E-state index contributed by atoms with van der Waals surface area (Å²) in [6.45, 7) is 7.25. The van der Waals surface area contributed by atoms with E-state index in [1.165, 1.54) is 24.5 Å². The number of halogens is 1. The summed E-state index contributed by atoms with van der Waals surface area (Å²) in [4.78, 5) is 17.7. The number of aryl methyl sites for hydroxylation is 1. The number of rotatable bonds is 1. The molecule has 2 aromatic carbocycles. The van der Waals surface area contributed by atoms with Crippen LogP contribution in [0.4, 0.5) is 5.69 Å². The van der Waals surface area contributed by atoms with Crippen LogP contribution in [0.25, 0.3) is 0 Å². The Kier molecular flexibility index (Phi) is 8.42. The Bertz CT molecular complexity index is 1230. The van der Waals surface area contributed by atoms with Crippen molar-refractivity contribution in [2.45, 2.75) is 69.8 Å². The zero-order valence-electron chi connectivity index (χ0n) is 23.7. The van der Waals surface area contributed by atoms with E-state index in [1.807, 2.05) is 38.2 Å². The highest BCUT2D eigenvalue weighted by Crippen LogP contribution is 2.46. The van der Waals surface area contributed by atoms with Crippen molar-refractivity contribution in [1.82, 2.24) is 4.90 Å². The van der Waals surface area contributed by atoms with E-state index in [1.54, 1.807) is 0 Å². The highest BCUT2D eigenvalue weighted by molar-refractivity contribution is 6.30. The minimum absolute atomic E-state index is 0.131. The van der Waals surface area contributed by atoms with Gasteiger partial charge in [0, 0.05) is 42.5 Å². The molecule has 0 saturated heterocycles. The summed E-state index contributed by atoms with van der Waals surface area (Å²) in [5.41, 5.74) is 2.60. The summed E-state index contributed by atoms with van der Waals surface area (Å²) in [5, 5.41) is 12.8. The minimum atomic E-state index is -1.58. The van der Waals surface area contributed by atoms with Crippen LogP contribution < -0.4 is 9.64 Å². The molecule has 2 heterocycles. The number of ether oxygens (including phenoxy) is 1. The molecule has 5 rings (SSSR count). The van der Waals surface area contributed by atoms with Crippen LogP contribution in [0, 0.1) is 5.92 Å². The molecule has 1 spiro atoms. The molecule has 0 saturated carbocycles. The van der Waals surface area contributed by atoms with Gasteiger partial charge in [-0.1, -0.05) is 49.2 Å². The van der Waals surface area contributed by atoms with Gasteiger partial charge in [0.05, 0.1) is 12.3 Å². The lowest BCUT2D eigenvalue weighted by Gasteiger charge is -2.41. The highest BCUT2D eigenvalue weighted by Gasteiger charge is 2.44. The van der Waals surface area contributed by atoms with Gasteiger partial charge < -0.3 is 19.6 Å². The third-order valence-corrected chi connectivity index (χ3v) is 9.43. The molecule has 1 N–H and O–H groups in total. The zero-order valence-corrected chi connectivity index (χ0v) is 24.5. The summed E-state index contributed by atoms with van der Waals surface area (Å²) < 4.78 is 6.61. The van der Waals surface area contributed by atoms with Gasteiger partial charge in [0.1, 0.15) is 5.75 Å². The number of hydrogen-bond acceptors (Lipinski definition) is 5. The van der Waals surface area contributed by atoms with Gasteiger partial charge in [0.25, 0.3) is 0 Å². The maximum absolute atomic E-state index is 13.1. The highest BCUT2D eigenvalue weighted by atomic mass is 35.5. The predicted octanol–water partition coefficient (Wildman–Crippen LogP) is 6.29. The number of anilines is 1. The van der Waals surface area contributed by atoms with E-state index in [9.17, 15) is 9.90 Å². The summed E-state index contributed by atoms with van der Waals surface area (Å²) in [6, 6.07) is 12.2. The molecule has 5 nitrogen and oxygen atoms in total. The molecule has 6 heteroatoms. The van der Waals surface area contributed by atoms with Crippen LogP contribution in [-0.4, -0.2) is 55.6 Å². The van der Waals surface area contributed by atoms with Gasteiger partial charge in [0.15, 0.2) is 11.4 Å². The number of nitrogens with zero attached hydrogens (tertiary/aromatic N) is 2. The fourth-order valence-electron chi connectivity index (χ4n) is 7.01. The van der Waals surface area contributed by atoms with Crippen LogP contribution in [0.2, 0.25) is 5.02 Å². The lowest BCUT2D eigenvalue weighted by molar-refractivity contribution is -0.142. The average molecular weight is 551 g/mol. The average Bonchev–Trinajstić information content (AvgIpc) is 3.06. The standard InChI is InChI=1S/C33H43ClN2O3/c1-24-21-35(3)17-8-6-4-5-7-9-18-36-22-32(16-10-11-26-19-28(34)13-14-29(26)32)23-39-31-15-12-27(20-30(31)36)33(24,38)25(2)37/h6,8,12-15,19-20,24,38H,4-5,7,9-11,16-18,21-23H2,1-3H3/b8-6-/t24-,32-,33-/m0/s1. The van der Waals surface area contributed by atoms with Gasteiger partial charge in [0.2, 0.25) is 0 Å². The van der Waals surface area contributed by atoms with E-state index < -0.39 is 5.60 Å². The number of carbonyl (C=O) groups is 1. The van der Waals surface area contributed by atoms with Crippen LogP contribution in [0.15, 0.2) is 48.6 Å². The number of likely N-dealkylation sites (N-methyl/N-ethyl adjacent to an activating group) is 1. The summed E-state index contributed by atoms with van der Waals surface area (Å²) in [6.07, 6.45) is 12.2. The van der Waals surface area contributed by atoms with Crippen molar-refractivity contribution in [2.75, 3.05) is 44.7 Å². The smallest absolute Gasteiger partial charge is 0.166 e. The number of ketones is 1. The first-order chi connectivity index (χ1) is 18.7. The van der Waals surface area contributed by atoms with E-state index in [0.717, 1.165) is 74.6 Å². The number of aliphatic hydroxyl groups is 1. The van der Waals surface area contributed by atoms with Gasteiger partial charge in [-0.2, -0.15) is 0 Å². The number of Topliss-reactive ketones (excluding diaryl/α,β-unsaturated/α-hetero) is 1. The second kappa shape index (κ2) is 11.6. The van der Waals surface area contributed by atoms with Crippen molar-refractivity contribution in [3.63, 3.8) is 0 Å². The number of benzene rings is 2. The lowest BCUT2D eigenvalue weighted by atomic mass is 9.70. The molecule has 0 amide bonds. The topological polar surface area (TPSA) is 53.0 Å². The maximum Gasteiger partial charge on any atom is 0.166 e. The van der Waals surface area contributed by atoms with E-state index in [-0.39, 0.29) is 17.1 Å². The first-order valence-corrected chi connectivity index (χ1v) is 15.0. The van der Waals surface area contributed by atoms with E-state index >= 15 is 0 Å². The molecule has 3 atom stereocenters. The van der Waals surface area contributed by atoms with Crippen molar-refractivity contribution in [1.29, 1.82) is 0 Å². The third kappa shape index (κ3) is 5.64. The van der Waals surface area contributed by atoms with Crippen LogP contribution in [-0.2, 0) is 22.2 Å². The molecule has 0 aromatic heterocycles. The first-order valence-electron chi connectivity index (χ1n) is 14.6. The molecular weight excluding hydrogens is 508 g/mol. The molecule has 1 aliphatic carbocycles. The number of carbonyl (C=O) groups excluding carboxylic acids is 1. The summed E-state index contributed by atoms with van der Waals surface area (Å²) >= 11 is 6.39. The molecule has 2 aromatic rings. The zero-order chi connectivity index (χ0) is 27.6. The largest absolute Gasteiger partial charge is 0.490 e. The van der Waals surface area contributed by atoms with Crippen LogP contribution in [0.5, 0.6) is 5.75 Å². The Morgan fingerprint density at radius 2 is 1.95 bits per heavy atom. The van der Waals surface area contributed by atoms with Gasteiger partial charge in [-0.25, -0.2) is 0 Å².